The second kappa shape index (κ2) is 8.85. The van der Waals surface area contributed by atoms with Crippen molar-refractivity contribution in [3.8, 4) is 5.75 Å². The fraction of sp³-hybridized carbons (Fsp3) is 0.560. The number of hydrogen-bond donors (Lipinski definition) is 1. The van der Waals surface area contributed by atoms with Gasteiger partial charge in [0, 0.05) is 24.9 Å². The molecule has 1 aromatic carbocycles. The summed E-state index contributed by atoms with van der Waals surface area (Å²) in [6.45, 7) is 14.1. The van der Waals surface area contributed by atoms with Crippen LogP contribution in [0.4, 0.5) is 0 Å². The fourth-order valence-electron chi connectivity index (χ4n) is 3.82. The summed E-state index contributed by atoms with van der Waals surface area (Å²) in [6, 6.07) is 3.98. The zero-order valence-electron chi connectivity index (χ0n) is 19.8. The lowest BCUT2D eigenvalue weighted by atomic mass is 9.79. The topological polar surface area (TPSA) is 63.6 Å². The Morgan fingerprint density at radius 1 is 1.07 bits per heavy atom. The van der Waals surface area contributed by atoms with Gasteiger partial charge in [-0.25, -0.2) is 0 Å². The molecular weight excluding hydrogens is 395 g/mol. The standard InChI is InChI=1S/C25H37O4P/c1-24(2,3)19-15-18(22(27)20(16-19)25(4,5)6)13-14-21(26)23(30(8,28)29-7)17-11-9-10-12-17/h13-16,27H,9-12H2,1-8H3. The van der Waals surface area contributed by atoms with Gasteiger partial charge < -0.3 is 9.63 Å². The highest BCUT2D eigenvalue weighted by Gasteiger charge is 2.31. The molecule has 1 atom stereocenters. The van der Waals surface area contributed by atoms with Crippen LogP contribution in [0.25, 0.3) is 6.08 Å². The fourth-order valence-corrected chi connectivity index (χ4v) is 5.28. The molecule has 1 aliphatic rings. The molecule has 1 aromatic rings. The van der Waals surface area contributed by atoms with Crippen molar-refractivity contribution in [3.05, 3.63) is 45.8 Å². The Kier molecular flexibility index (Phi) is 7.26. The van der Waals surface area contributed by atoms with Crippen LogP contribution < -0.4 is 0 Å². The Labute approximate surface area is 181 Å². The quantitative estimate of drug-likeness (QED) is 0.404. The van der Waals surface area contributed by atoms with E-state index in [9.17, 15) is 14.5 Å². The van der Waals surface area contributed by atoms with Gasteiger partial charge in [-0.1, -0.05) is 53.2 Å². The summed E-state index contributed by atoms with van der Waals surface area (Å²) >= 11 is 0. The van der Waals surface area contributed by atoms with Crippen LogP contribution in [-0.2, 0) is 24.7 Å². The summed E-state index contributed by atoms with van der Waals surface area (Å²) in [6.07, 6.45) is 6.66. The Bertz CT molecular complexity index is 916. The number of carbonyl (C=O) groups excluding carboxylic acids is 1. The van der Waals surface area contributed by atoms with Gasteiger partial charge in [0.25, 0.3) is 0 Å². The van der Waals surface area contributed by atoms with E-state index in [0.717, 1.165) is 42.4 Å². The van der Waals surface area contributed by atoms with Gasteiger partial charge in [0.05, 0.1) is 5.31 Å². The maximum atomic E-state index is 13.1. The Morgan fingerprint density at radius 2 is 1.63 bits per heavy atom. The molecule has 4 nitrogen and oxygen atoms in total. The molecule has 0 spiro atoms. The molecule has 0 amide bonds. The predicted molar refractivity (Wildman–Crippen MR) is 126 cm³/mol. The minimum atomic E-state index is -3.18. The monoisotopic (exact) mass is 432 g/mol. The SMILES string of the molecule is COP(C)(=O)C(C(=O)C=Cc1cc(C(C)(C)C)cc(C(C)(C)C)c1O)=C1CCCC1. The molecule has 0 heterocycles. The normalized spacial score (nSPS) is 17.4. The zero-order valence-corrected chi connectivity index (χ0v) is 20.7. The van der Waals surface area contributed by atoms with E-state index in [2.05, 4.69) is 41.5 Å². The number of benzene rings is 1. The molecule has 30 heavy (non-hydrogen) atoms. The average molecular weight is 433 g/mol. The van der Waals surface area contributed by atoms with E-state index >= 15 is 0 Å². The predicted octanol–water partition coefficient (Wildman–Crippen LogP) is 6.95. The molecule has 0 aliphatic heterocycles. The van der Waals surface area contributed by atoms with E-state index in [1.807, 2.05) is 12.1 Å². The van der Waals surface area contributed by atoms with E-state index < -0.39 is 7.37 Å². The number of ketones is 1. The van der Waals surface area contributed by atoms with Crippen molar-refractivity contribution in [2.75, 3.05) is 13.8 Å². The van der Waals surface area contributed by atoms with Gasteiger partial charge in [-0.05, 0) is 60.3 Å². The second-order valence-corrected chi connectivity index (χ2v) is 12.9. The molecule has 5 heteroatoms. The lowest BCUT2D eigenvalue weighted by molar-refractivity contribution is -0.110. The van der Waals surface area contributed by atoms with Crippen LogP contribution in [0.2, 0.25) is 0 Å². The van der Waals surface area contributed by atoms with Crippen molar-refractivity contribution < 1.29 is 19.0 Å². The first-order chi connectivity index (χ1) is 13.7. The number of carbonyl (C=O) groups is 1. The molecule has 1 N–H and O–H groups in total. The maximum Gasteiger partial charge on any atom is 0.232 e. The van der Waals surface area contributed by atoms with Gasteiger partial charge >= 0.3 is 0 Å². The van der Waals surface area contributed by atoms with Crippen molar-refractivity contribution in [1.29, 1.82) is 0 Å². The minimum Gasteiger partial charge on any atom is -0.507 e. The molecule has 0 saturated heterocycles. The lowest BCUT2D eigenvalue weighted by Gasteiger charge is -2.27. The third kappa shape index (κ3) is 5.53. The van der Waals surface area contributed by atoms with Crippen LogP contribution in [0.3, 0.4) is 0 Å². The molecule has 1 saturated carbocycles. The van der Waals surface area contributed by atoms with E-state index in [-0.39, 0.29) is 22.4 Å². The molecule has 0 bridgehead atoms. The van der Waals surface area contributed by atoms with Gasteiger partial charge in [0.1, 0.15) is 5.75 Å². The van der Waals surface area contributed by atoms with E-state index in [1.54, 1.807) is 6.08 Å². The van der Waals surface area contributed by atoms with Crippen LogP contribution in [0.15, 0.2) is 29.1 Å². The largest absolute Gasteiger partial charge is 0.507 e. The highest BCUT2D eigenvalue weighted by molar-refractivity contribution is 7.64. The van der Waals surface area contributed by atoms with Crippen molar-refractivity contribution in [1.82, 2.24) is 0 Å². The number of aromatic hydroxyl groups is 1. The van der Waals surface area contributed by atoms with Gasteiger partial charge in [-0.3, -0.25) is 9.36 Å². The Morgan fingerprint density at radius 3 is 2.10 bits per heavy atom. The third-order valence-electron chi connectivity index (χ3n) is 5.76. The number of phenols is 1. The van der Waals surface area contributed by atoms with Crippen LogP contribution in [-0.4, -0.2) is 24.7 Å². The molecule has 1 aliphatic carbocycles. The number of hydrogen-bond acceptors (Lipinski definition) is 4. The maximum absolute atomic E-state index is 13.1. The minimum absolute atomic E-state index is 0.105. The summed E-state index contributed by atoms with van der Waals surface area (Å²) in [5, 5.41) is 11.3. The van der Waals surface area contributed by atoms with E-state index in [1.165, 1.54) is 19.9 Å². The van der Waals surface area contributed by atoms with Crippen LogP contribution in [0, 0.1) is 0 Å². The summed E-state index contributed by atoms with van der Waals surface area (Å²) in [4.78, 5) is 13.1. The molecule has 0 radical (unpaired) electrons. The van der Waals surface area contributed by atoms with Crippen molar-refractivity contribution in [2.45, 2.75) is 78.1 Å². The van der Waals surface area contributed by atoms with Gasteiger partial charge in [-0.2, -0.15) is 0 Å². The van der Waals surface area contributed by atoms with Gasteiger partial charge in [-0.15, -0.1) is 0 Å². The first kappa shape index (κ1) is 24.6. The third-order valence-corrected chi connectivity index (χ3v) is 7.80. The van der Waals surface area contributed by atoms with Crippen molar-refractivity contribution in [3.63, 3.8) is 0 Å². The van der Waals surface area contributed by atoms with Crippen molar-refractivity contribution in [2.24, 2.45) is 0 Å². The number of rotatable bonds is 5. The van der Waals surface area contributed by atoms with Gasteiger partial charge in [0.2, 0.25) is 7.37 Å². The Balaban J connectivity index is 2.56. The Hall–Kier alpha value is -1.64. The smallest absolute Gasteiger partial charge is 0.232 e. The highest BCUT2D eigenvalue weighted by atomic mass is 31.2. The molecule has 166 valence electrons. The summed E-state index contributed by atoms with van der Waals surface area (Å²) in [5.41, 5.74) is 3.12. The molecule has 1 fully saturated rings. The van der Waals surface area contributed by atoms with E-state index in [4.69, 9.17) is 4.52 Å². The highest BCUT2D eigenvalue weighted by Crippen LogP contribution is 2.54. The first-order valence-electron chi connectivity index (χ1n) is 10.6. The summed E-state index contributed by atoms with van der Waals surface area (Å²) in [7, 11) is -1.79. The lowest BCUT2D eigenvalue weighted by Crippen LogP contribution is -2.17. The number of phenolic OH excluding ortho intramolecular Hbond substituents is 1. The van der Waals surface area contributed by atoms with Crippen molar-refractivity contribution >= 4 is 19.2 Å². The average Bonchev–Trinajstić information content (AvgIpc) is 3.12. The zero-order chi connectivity index (χ0) is 22.9. The van der Waals surface area contributed by atoms with Crippen LogP contribution in [0.1, 0.15) is 83.9 Å². The van der Waals surface area contributed by atoms with Crippen LogP contribution in [0.5, 0.6) is 5.75 Å². The van der Waals surface area contributed by atoms with Gasteiger partial charge in [0.15, 0.2) is 5.78 Å². The number of allylic oxidation sites excluding steroid dienone is 3. The summed E-state index contributed by atoms with van der Waals surface area (Å²) in [5.74, 6) is -0.113. The van der Waals surface area contributed by atoms with E-state index in [0.29, 0.717) is 10.9 Å². The first-order valence-corrected chi connectivity index (χ1v) is 12.7. The second-order valence-electron chi connectivity index (χ2n) is 10.3. The van der Waals surface area contributed by atoms with Crippen LogP contribution >= 0.6 is 7.37 Å². The molecular formula is C25H37O4P. The molecule has 2 rings (SSSR count). The molecule has 1 unspecified atom stereocenters. The summed E-state index contributed by atoms with van der Waals surface area (Å²) < 4.78 is 18.2. The molecule has 0 aromatic heterocycles.